The Morgan fingerprint density at radius 2 is 1.90 bits per heavy atom. The SMILES string of the molecule is CN=C(NCC(C)(C)N1CCOCC1)NC1CC=CC1.I. The molecule has 6 heteroatoms. The first-order valence-corrected chi connectivity index (χ1v) is 7.57. The Hall–Kier alpha value is -0.340. The van der Waals surface area contributed by atoms with Gasteiger partial charge in [0.25, 0.3) is 0 Å². The number of morpholine rings is 1. The zero-order chi connectivity index (χ0) is 14.4. The van der Waals surface area contributed by atoms with Crippen molar-refractivity contribution >= 4 is 29.9 Å². The highest BCUT2D eigenvalue weighted by Gasteiger charge is 2.28. The summed E-state index contributed by atoms with van der Waals surface area (Å²) in [5, 5.41) is 6.94. The smallest absolute Gasteiger partial charge is 0.191 e. The van der Waals surface area contributed by atoms with Gasteiger partial charge in [-0.15, -0.1) is 24.0 Å². The molecule has 0 unspecified atom stereocenters. The Labute approximate surface area is 145 Å². The number of halogens is 1. The van der Waals surface area contributed by atoms with E-state index in [2.05, 4.69) is 46.5 Å². The molecule has 1 aliphatic carbocycles. The summed E-state index contributed by atoms with van der Waals surface area (Å²) < 4.78 is 5.43. The van der Waals surface area contributed by atoms with Gasteiger partial charge in [0.1, 0.15) is 0 Å². The number of ether oxygens (including phenoxy) is 1. The third-order valence-corrected chi connectivity index (χ3v) is 4.13. The third-order valence-electron chi connectivity index (χ3n) is 4.13. The molecule has 2 aliphatic rings. The van der Waals surface area contributed by atoms with Gasteiger partial charge in [-0.3, -0.25) is 9.89 Å². The van der Waals surface area contributed by atoms with Crippen LogP contribution in [0.1, 0.15) is 26.7 Å². The van der Waals surface area contributed by atoms with Crippen LogP contribution in [0.4, 0.5) is 0 Å². The molecule has 0 saturated carbocycles. The van der Waals surface area contributed by atoms with E-state index in [9.17, 15) is 0 Å². The number of nitrogens with zero attached hydrogens (tertiary/aromatic N) is 2. The maximum Gasteiger partial charge on any atom is 0.191 e. The van der Waals surface area contributed by atoms with E-state index in [1.807, 2.05) is 7.05 Å². The fourth-order valence-electron chi connectivity index (χ4n) is 2.70. The molecular weight excluding hydrogens is 379 g/mol. The molecule has 1 fully saturated rings. The highest BCUT2D eigenvalue weighted by molar-refractivity contribution is 14.0. The van der Waals surface area contributed by atoms with Crippen molar-refractivity contribution in [3.8, 4) is 0 Å². The minimum absolute atomic E-state index is 0. The third kappa shape index (κ3) is 5.75. The van der Waals surface area contributed by atoms with Gasteiger partial charge in [0.05, 0.1) is 13.2 Å². The molecule has 0 aromatic heterocycles. The van der Waals surface area contributed by atoms with Gasteiger partial charge in [-0.1, -0.05) is 12.2 Å². The van der Waals surface area contributed by atoms with Crippen LogP contribution in [0, 0.1) is 0 Å². The average Bonchev–Trinajstić information content (AvgIpc) is 2.97. The minimum atomic E-state index is 0. The lowest BCUT2D eigenvalue weighted by molar-refractivity contribution is -0.00834. The molecule has 21 heavy (non-hydrogen) atoms. The zero-order valence-corrected chi connectivity index (χ0v) is 15.7. The van der Waals surface area contributed by atoms with Crippen LogP contribution in [0.3, 0.4) is 0 Å². The van der Waals surface area contributed by atoms with Gasteiger partial charge in [0.15, 0.2) is 5.96 Å². The summed E-state index contributed by atoms with van der Waals surface area (Å²) >= 11 is 0. The molecule has 0 atom stereocenters. The standard InChI is InChI=1S/C15H28N4O.HI/c1-15(2,19-8-10-20-11-9-19)12-17-14(16-3)18-13-6-4-5-7-13;/h4-5,13H,6-12H2,1-3H3,(H2,16,17,18);1H. The summed E-state index contributed by atoms with van der Waals surface area (Å²) in [5.41, 5.74) is 0.106. The Balaban J connectivity index is 0.00000220. The molecule has 2 N–H and O–H groups in total. The van der Waals surface area contributed by atoms with Crippen molar-refractivity contribution in [1.29, 1.82) is 0 Å². The van der Waals surface area contributed by atoms with E-state index in [1.54, 1.807) is 0 Å². The van der Waals surface area contributed by atoms with Crippen LogP contribution in [-0.2, 0) is 4.74 Å². The van der Waals surface area contributed by atoms with Gasteiger partial charge >= 0.3 is 0 Å². The van der Waals surface area contributed by atoms with E-state index < -0.39 is 0 Å². The molecule has 0 bridgehead atoms. The number of hydrogen-bond donors (Lipinski definition) is 2. The summed E-state index contributed by atoms with van der Waals surface area (Å²) in [5.74, 6) is 0.903. The molecule has 122 valence electrons. The van der Waals surface area contributed by atoms with E-state index in [0.717, 1.165) is 51.6 Å². The van der Waals surface area contributed by atoms with Gasteiger partial charge in [0.2, 0.25) is 0 Å². The topological polar surface area (TPSA) is 48.9 Å². The van der Waals surface area contributed by atoms with Crippen LogP contribution >= 0.6 is 24.0 Å². The van der Waals surface area contributed by atoms with Crippen molar-refractivity contribution in [1.82, 2.24) is 15.5 Å². The van der Waals surface area contributed by atoms with Gasteiger partial charge < -0.3 is 15.4 Å². The van der Waals surface area contributed by atoms with E-state index in [-0.39, 0.29) is 29.5 Å². The molecule has 0 aromatic carbocycles. The second-order valence-electron chi connectivity index (χ2n) is 6.12. The molecule has 0 amide bonds. The first kappa shape index (κ1) is 18.7. The number of guanidine groups is 1. The molecule has 1 saturated heterocycles. The van der Waals surface area contributed by atoms with Crippen molar-refractivity contribution in [3.05, 3.63) is 12.2 Å². The summed E-state index contributed by atoms with van der Waals surface area (Å²) in [6.07, 6.45) is 6.63. The van der Waals surface area contributed by atoms with E-state index in [1.165, 1.54) is 0 Å². The Morgan fingerprint density at radius 3 is 2.48 bits per heavy atom. The van der Waals surface area contributed by atoms with Gasteiger partial charge in [-0.2, -0.15) is 0 Å². The molecule has 1 heterocycles. The van der Waals surface area contributed by atoms with Crippen LogP contribution in [0.15, 0.2) is 17.1 Å². The molecular formula is C15H29IN4O. The first-order chi connectivity index (χ1) is 9.62. The predicted octanol–water partition coefficient (Wildman–Crippen LogP) is 1.60. The van der Waals surface area contributed by atoms with Gasteiger partial charge in [-0.25, -0.2) is 0 Å². The monoisotopic (exact) mass is 408 g/mol. The molecule has 5 nitrogen and oxygen atoms in total. The van der Waals surface area contributed by atoms with Crippen LogP contribution in [0.25, 0.3) is 0 Å². The number of hydrogen-bond acceptors (Lipinski definition) is 3. The van der Waals surface area contributed by atoms with Crippen molar-refractivity contribution < 1.29 is 4.74 Å². The Morgan fingerprint density at radius 1 is 1.29 bits per heavy atom. The van der Waals surface area contributed by atoms with Crippen molar-refractivity contribution in [2.24, 2.45) is 4.99 Å². The second-order valence-corrected chi connectivity index (χ2v) is 6.12. The Bertz CT molecular complexity index is 357. The fourth-order valence-corrected chi connectivity index (χ4v) is 2.70. The van der Waals surface area contributed by atoms with E-state index >= 15 is 0 Å². The summed E-state index contributed by atoms with van der Waals surface area (Å²) in [4.78, 5) is 6.80. The quantitative estimate of drug-likeness (QED) is 0.321. The number of rotatable bonds is 4. The second kappa shape index (κ2) is 8.95. The average molecular weight is 408 g/mol. The largest absolute Gasteiger partial charge is 0.379 e. The van der Waals surface area contributed by atoms with Crippen LogP contribution in [0.5, 0.6) is 0 Å². The van der Waals surface area contributed by atoms with Crippen molar-refractivity contribution in [2.45, 2.75) is 38.3 Å². The van der Waals surface area contributed by atoms with Crippen LogP contribution in [-0.4, -0.2) is 62.3 Å². The summed E-state index contributed by atoms with van der Waals surface area (Å²) in [6.45, 7) is 9.12. The molecule has 2 rings (SSSR count). The fraction of sp³-hybridized carbons (Fsp3) is 0.800. The lowest BCUT2D eigenvalue weighted by Crippen LogP contribution is -2.57. The van der Waals surface area contributed by atoms with Crippen molar-refractivity contribution in [3.63, 3.8) is 0 Å². The molecule has 0 radical (unpaired) electrons. The van der Waals surface area contributed by atoms with E-state index in [4.69, 9.17) is 4.74 Å². The molecule has 0 aromatic rings. The van der Waals surface area contributed by atoms with E-state index in [0.29, 0.717) is 6.04 Å². The van der Waals surface area contributed by atoms with Crippen LogP contribution < -0.4 is 10.6 Å². The summed E-state index contributed by atoms with van der Waals surface area (Å²) in [6, 6.07) is 0.493. The van der Waals surface area contributed by atoms with Gasteiger partial charge in [0, 0.05) is 38.3 Å². The molecule has 1 aliphatic heterocycles. The van der Waals surface area contributed by atoms with Gasteiger partial charge in [-0.05, 0) is 26.7 Å². The zero-order valence-electron chi connectivity index (χ0n) is 13.4. The normalized spacial score (nSPS) is 21.2. The maximum absolute atomic E-state index is 5.43. The van der Waals surface area contributed by atoms with Crippen LogP contribution in [0.2, 0.25) is 0 Å². The maximum atomic E-state index is 5.43. The lowest BCUT2D eigenvalue weighted by Gasteiger charge is -2.41. The Kier molecular flexibility index (Phi) is 7.97. The van der Waals surface area contributed by atoms with Crippen molar-refractivity contribution in [2.75, 3.05) is 39.9 Å². The summed E-state index contributed by atoms with van der Waals surface area (Å²) in [7, 11) is 1.83. The highest BCUT2D eigenvalue weighted by atomic mass is 127. The number of nitrogens with one attached hydrogen (secondary N) is 2. The minimum Gasteiger partial charge on any atom is -0.379 e. The predicted molar refractivity (Wildman–Crippen MR) is 98.5 cm³/mol. The lowest BCUT2D eigenvalue weighted by atomic mass is 10.0. The number of aliphatic imine (C=N–C) groups is 1. The first-order valence-electron chi connectivity index (χ1n) is 7.57. The molecule has 0 spiro atoms. The highest BCUT2D eigenvalue weighted by Crippen LogP contribution is 2.15.